The van der Waals surface area contributed by atoms with Gasteiger partial charge in [-0.15, -0.1) is 0 Å². The highest BCUT2D eigenvalue weighted by atomic mass is 35.5. The van der Waals surface area contributed by atoms with Crippen molar-refractivity contribution in [2.45, 2.75) is 6.92 Å². The highest BCUT2D eigenvalue weighted by Gasteiger charge is 2.24. The molecule has 0 aliphatic heterocycles. The number of nitrogens with zero attached hydrogens (tertiary/aromatic N) is 2. The maximum absolute atomic E-state index is 12.3. The summed E-state index contributed by atoms with van der Waals surface area (Å²) in [6.45, 7) is 1.73. The summed E-state index contributed by atoms with van der Waals surface area (Å²) in [6, 6.07) is 5.67. The molecule has 1 N–H and O–H groups in total. The molecular formula is C13H9Cl2N3O3. The van der Waals surface area contributed by atoms with Crippen molar-refractivity contribution in [3.05, 3.63) is 61.9 Å². The minimum absolute atomic E-state index is 0.0145. The summed E-state index contributed by atoms with van der Waals surface area (Å²) in [5.74, 6) is -0.717. The number of halogens is 2. The lowest BCUT2D eigenvalue weighted by Crippen LogP contribution is -2.16. The van der Waals surface area contributed by atoms with E-state index < -0.39 is 10.8 Å². The van der Waals surface area contributed by atoms with Gasteiger partial charge in [0.05, 0.1) is 15.6 Å². The van der Waals surface area contributed by atoms with Gasteiger partial charge in [0.2, 0.25) is 0 Å². The molecule has 0 spiro atoms. The van der Waals surface area contributed by atoms with Crippen LogP contribution >= 0.6 is 23.2 Å². The highest BCUT2D eigenvalue weighted by molar-refractivity contribution is 6.36. The van der Waals surface area contributed by atoms with Crippen LogP contribution in [-0.4, -0.2) is 15.8 Å². The van der Waals surface area contributed by atoms with Crippen LogP contribution in [0.15, 0.2) is 30.5 Å². The Balaban J connectivity index is 2.45. The van der Waals surface area contributed by atoms with E-state index >= 15 is 0 Å². The maximum Gasteiger partial charge on any atom is 0.283 e. The number of aromatic nitrogens is 1. The lowest BCUT2D eigenvalue weighted by molar-refractivity contribution is -0.385. The molecule has 0 aliphatic rings. The smallest absolute Gasteiger partial charge is 0.283 e. The molecule has 2 rings (SSSR count). The normalized spacial score (nSPS) is 10.2. The fourth-order valence-electron chi connectivity index (χ4n) is 1.74. The van der Waals surface area contributed by atoms with Crippen molar-refractivity contribution < 1.29 is 9.72 Å². The standard InChI is InChI=1S/C13H9Cl2N3O3/c1-7-5-6-16-12(15)11(7)17-13(19)10-8(14)3-2-4-9(10)18(20)21/h2-6H,1H3,(H,17,19). The molecule has 1 heterocycles. The molecular weight excluding hydrogens is 317 g/mol. The second-order valence-corrected chi connectivity index (χ2v) is 4.90. The van der Waals surface area contributed by atoms with Crippen molar-refractivity contribution in [1.29, 1.82) is 0 Å². The molecule has 0 fully saturated rings. The summed E-state index contributed by atoms with van der Waals surface area (Å²) in [7, 11) is 0. The Morgan fingerprint density at radius 1 is 1.33 bits per heavy atom. The third-order valence-corrected chi connectivity index (χ3v) is 3.37. The number of hydrogen-bond donors (Lipinski definition) is 1. The molecule has 1 aromatic carbocycles. The Morgan fingerprint density at radius 3 is 2.67 bits per heavy atom. The number of carbonyl (C=O) groups excluding carboxylic acids is 1. The van der Waals surface area contributed by atoms with E-state index in [1.54, 1.807) is 13.0 Å². The summed E-state index contributed by atoms with van der Waals surface area (Å²) < 4.78 is 0. The third kappa shape index (κ3) is 3.12. The number of rotatable bonds is 3. The molecule has 1 aromatic heterocycles. The van der Waals surface area contributed by atoms with Crippen molar-refractivity contribution in [1.82, 2.24) is 4.98 Å². The van der Waals surface area contributed by atoms with Crippen LogP contribution < -0.4 is 5.32 Å². The Kier molecular flexibility index (Phi) is 4.40. The zero-order chi connectivity index (χ0) is 15.6. The van der Waals surface area contributed by atoms with Crippen LogP contribution in [0.25, 0.3) is 0 Å². The van der Waals surface area contributed by atoms with Gasteiger partial charge in [-0.2, -0.15) is 0 Å². The molecule has 0 bridgehead atoms. The number of hydrogen-bond acceptors (Lipinski definition) is 4. The Hall–Kier alpha value is -2.18. The van der Waals surface area contributed by atoms with Gasteiger partial charge in [0.15, 0.2) is 5.15 Å². The maximum atomic E-state index is 12.3. The molecule has 0 atom stereocenters. The molecule has 0 aliphatic carbocycles. The number of carbonyl (C=O) groups is 1. The molecule has 0 saturated carbocycles. The van der Waals surface area contributed by atoms with Crippen LogP contribution in [0, 0.1) is 17.0 Å². The predicted octanol–water partition coefficient (Wildman–Crippen LogP) is 3.86. The first kappa shape index (κ1) is 15.2. The van der Waals surface area contributed by atoms with Crippen LogP contribution in [0.2, 0.25) is 10.2 Å². The van der Waals surface area contributed by atoms with E-state index in [1.165, 1.54) is 24.4 Å². The molecule has 0 saturated heterocycles. The van der Waals surface area contributed by atoms with E-state index in [-0.39, 0.29) is 21.4 Å². The first-order valence-electron chi connectivity index (χ1n) is 5.77. The number of benzene rings is 1. The van der Waals surface area contributed by atoms with E-state index in [9.17, 15) is 14.9 Å². The highest BCUT2D eigenvalue weighted by Crippen LogP contribution is 2.29. The summed E-state index contributed by atoms with van der Waals surface area (Å²) >= 11 is 11.8. The Labute approximate surface area is 129 Å². The van der Waals surface area contributed by atoms with Crippen molar-refractivity contribution >= 4 is 40.5 Å². The Bertz CT molecular complexity index is 714. The van der Waals surface area contributed by atoms with Gasteiger partial charge in [-0.25, -0.2) is 4.98 Å². The van der Waals surface area contributed by atoms with Gasteiger partial charge in [-0.1, -0.05) is 29.3 Å². The second kappa shape index (κ2) is 6.07. The van der Waals surface area contributed by atoms with E-state index in [0.717, 1.165) is 0 Å². The minimum atomic E-state index is -0.717. The molecule has 2 aromatic rings. The largest absolute Gasteiger partial charge is 0.319 e. The zero-order valence-electron chi connectivity index (χ0n) is 10.8. The van der Waals surface area contributed by atoms with Crippen molar-refractivity contribution in [3.63, 3.8) is 0 Å². The Morgan fingerprint density at radius 2 is 2.05 bits per heavy atom. The monoisotopic (exact) mass is 325 g/mol. The van der Waals surface area contributed by atoms with Gasteiger partial charge in [0, 0.05) is 12.3 Å². The minimum Gasteiger partial charge on any atom is -0.319 e. The molecule has 21 heavy (non-hydrogen) atoms. The topological polar surface area (TPSA) is 85.1 Å². The van der Waals surface area contributed by atoms with Gasteiger partial charge in [0.25, 0.3) is 11.6 Å². The summed E-state index contributed by atoms with van der Waals surface area (Å²) in [5, 5.41) is 13.6. The molecule has 8 heteroatoms. The number of aryl methyl sites for hydroxylation is 1. The van der Waals surface area contributed by atoms with Gasteiger partial charge >= 0.3 is 0 Å². The molecule has 0 radical (unpaired) electrons. The van der Waals surface area contributed by atoms with Crippen molar-refractivity contribution in [3.8, 4) is 0 Å². The zero-order valence-corrected chi connectivity index (χ0v) is 12.3. The van der Waals surface area contributed by atoms with Gasteiger partial charge in [0.1, 0.15) is 5.56 Å². The van der Waals surface area contributed by atoms with Crippen LogP contribution in [0.1, 0.15) is 15.9 Å². The van der Waals surface area contributed by atoms with Gasteiger partial charge < -0.3 is 5.32 Å². The SMILES string of the molecule is Cc1ccnc(Cl)c1NC(=O)c1c(Cl)cccc1[N+](=O)[O-]. The number of nitrogens with one attached hydrogen (secondary N) is 1. The lowest BCUT2D eigenvalue weighted by Gasteiger charge is -2.10. The fraction of sp³-hybridized carbons (Fsp3) is 0.0769. The average molecular weight is 326 g/mol. The number of pyridine rings is 1. The average Bonchev–Trinajstić information content (AvgIpc) is 2.42. The first-order chi connectivity index (χ1) is 9.91. The predicted molar refractivity (Wildman–Crippen MR) is 80.0 cm³/mol. The number of nitro groups is 1. The van der Waals surface area contributed by atoms with Crippen LogP contribution in [0.3, 0.4) is 0 Å². The summed E-state index contributed by atoms with van der Waals surface area (Å²) in [5.41, 5.74) is 0.373. The van der Waals surface area contributed by atoms with E-state index in [4.69, 9.17) is 23.2 Å². The van der Waals surface area contributed by atoms with Crippen LogP contribution in [-0.2, 0) is 0 Å². The number of amides is 1. The summed E-state index contributed by atoms with van der Waals surface area (Å²) in [6.07, 6.45) is 1.49. The molecule has 6 nitrogen and oxygen atoms in total. The molecule has 0 unspecified atom stereocenters. The number of nitro benzene ring substituents is 1. The van der Waals surface area contributed by atoms with E-state index in [0.29, 0.717) is 11.3 Å². The molecule has 1 amide bonds. The van der Waals surface area contributed by atoms with Crippen molar-refractivity contribution in [2.24, 2.45) is 0 Å². The van der Waals surface area contributed by atoms with Crippen LogP contribution in [0.4, 0.5) is 11.4 Å². The first-order valence-corrected chi connectivity index (χ1v) is 6.52. The third-order valence-electron chi connectivity index (χ3n) is 2.77. The van der Waals surface area contributed by atoms with Crippen LogP contribution in [0.5, 0.6) is 0 Å². The molecule has 108 valence electrons. The lowest BCUT2D eigenvalue weighted by atomic mass is 10.1. The van der Waals surface area contributed by atoms with E-state index in [2.05, 4.69) is 10.3 Å². The second-order valence-electron chi connectivity index (χ2n) is 4.14. The van der Waals surface area contributed by atoms with Gasteiger partial charge in [-0.3, -0.25) is 14.9 Å². The number of anilines is 1. The van der Waals surface area contributed by atoms with Gasteiger partial charge in [-0.05, 0) is 24.6 Å². The fourth-order valence-corrected chi connectivity index (χ4v) is 2.25. The quantitative estimate of drug-likeness (QED) is 0.527. The van der Waals surface area contributed by atoms with Crippen molar-refractivity contribution in [2.75, 3.05) is 5.32 Å². The summed E-state index contributed by atoms with van der Waals surface area (Å²) in [4.78, 5) is 26.5. The van der Waals surface area contributed by atoms with E-state index in [1.807, 2.05) is 0 Å².